The van der Waals surface area contributed by atoms with E-state index in [-0.39, 0.29) is 10.6 Å². The number of hydrogen-bond acceptors (Lipinski definition) is 2. The van der Waals surface area contributed by atoms with E-state index in [1.165, 1.54) is 18.3 Å². The van der Waals surface area contributed by atoms with Gasteiger partial charge in [-0.25, -0.2) is 5.43 Å². The van der Waals surface area contributed by atoms with Crippen molar-refractivity contribution in [2.75, 3.05) is 0 Å². The number of nitrogens with one attached hydrogen (secondary N) is 1. The number of hydrogen-bond donors (Lipinski definition) is 1. The lowest BCUT2D eigenvalue weighted by atomic mass is 10.2. The van der Waals surface area contributed by atoms with Gasteiger partial charge in [0, 0.05) is 15.6 Å². The van der Waals surface area contributed by atoms with Gasteiger partial charge in [-0.2, -0.15) is 5.10 Å². The second-order valence-electron chi connectivity index (χ2n) is 3.99. The number of benzene rings is 2. The van der Waals surface area contributed by atoms with Crippen molar-refractivity contribution in [3.8, 4) is 0 Å². The van der Waals surface area contributed by atoms with Crippen LogP contribution < -0.4 is 5.43 Å². The third-order valence-electron chi connectivity index (χ3n) is 2.51. The molecule has 0 saturated carbocycles. The Bertz CT molecular complexity index is 716. The molecular weight excluding hydrogens is 354 g/mol. The van der Waals surface area contributed by atoms with E-state index >= 15 is 0 Å². The summed E-state index contributed by atoms with van der Waals surface area (Å²) in [5, 5.41) is 5.49. The summed E-state index contributed by atoms with van der Waals surface area (Å²) in [5.41, 5.74) is 3.27. The summed E-state index contributed by atoms with van der Waals surface area (Å²) in [6, 6.07) is 9.52. The molecule has 0 aliphatic heterocycles. The van der Waals surface area contributed by atoms with Crippen LogP contribution in [0.1, 0.15) is 15.9 Å². The van der Waals surface area contributed by atoms with Gasteiger partial charge in [0.25, 0.3) is 5.91 Å². The van der Waals surface area contributed by atoms with Crippen LogP contribution in [0.2, 0.25) is 20.1 Å². The molecule has 0 bridgehead atoms. The van der Waals surface area contributed by atoms with Gasteiger partial charge in [0.05, 0.1) is 21.8 Å². The van der Waals surface area contributed by atoms with Crippen LogP contribution in [0.15, 0.2) is 41.5 Å². The predicted molar refractivity (Wildman–Crippen MR) is 88.0 cm³/mol. The first kappa shape index (κ1) is 16.1. The molecule has 2 aromatic rings. The van der Waals surface area contributed by atoms with Crippen LogP contribution in [0.25, 0.3) is 0 Å². The van der Waals surface area contributed by atoms with Gasteiger partial charge in [-0.05, 0) is 30.3 Å². The Morgan fingerprint density at radius 2 is 1.57 bits per heavy atom. The highest BCUT2D eigenvalue weighted by molar-refractivity contribution is 6.37. The lowest BCUT2D eigenvalue weighted by molar-refractivity contribution is 0.0955. The quantitative estimate of drug-likeness (QED) is 0.602. The molecule has 1 amide bonds. The minimum atomic E-state index is -0.446. The molecule has 0 aromatic heterocycles. The monoisotopic (exact) mass is 360 g/mol. The first-order valence-corrected chi connectivity index (χ1v) is 7.22. The Kier molecular flexibility index (Phi) is 5.48. The van der Waals surface area contributed by atoms with Gasteiger partial charge < -0.3 is 0 Å². The third-order valence-corrected chi connectivity index (χ3v) is 3.62. The minimum absolute atomic E-state index is 0.250. The number of amides is 1. The van der Waals surface area contributed by atoms with Crippen LogP contribution >= 0.6 is 46.4 Å². The molecule has 0 saturated heterocycles. The van der Waals surface area contributed by atoms with Crippen LogP contribution in [0.5, 0.6) is 0 Å². The Balaban J connectivity index is 2.08. The molecule has 0 atom stereocenters. The van der Waals surface area contributed by atoms with Crippen molar-refractivity contribution in [2.45, 2.75) is 0 Å². The maximum Gasteiger partial charge on any atom is 0.272 e. The summed E-state index contributed by atoms with van der Waals surface area (Å²) in [4.78, 5) is 11.9. The van der Waals surface area contributed by atoms with Crippen molar-refractivity contribution in [3.63, 3.8) is 0 Å². The zero-order valence-electron chi connectivity index (χ0n) is 10.4. The largest absolute Gasteiger partial charge is 0.272 e. The van der Waals surface area contributed by atoms with E-state index < -0.39 is 5.91 Å². The third kappa shape index (κ3) is 4.35. The number of rotatable bonds is 3. The highest BCUT2D eigenvalue weighted by atomic mass is 35.5. The summed E-state index contributed by atoms with van der Waals surface area (Å²) >= 11 is 23.5. The van der Waals surface area contributed by atoms with Crippen molar-refractivity contribution in [1.29, 1.82) is 0 Å². The first-order chi connectivity index (χ1) is 9.97. The van der Waals surface area contributed by atoms with Crippen LogP contribution in [0.3, 0.4) is 0 Å². The van der Waals surface area contributed by atoms with Gasteiger partial charge in [0.15, 0.2) is 0 Å². The molecule has 2 aromatic carbocycles. The number of carbonyl (C=O) groups is 1. The lowest BCUT2D eigenvalue weighted by Gasteiger charge is -2.03. The fourth-order valence-corrected chi connectivity index (χ4v) is 2.45. The van der Waals surface area contributed by atoms with Crippen molar-refractivity contribution in [2.24, 2.45) is 5.10 Å². The smallest absolute Gasteiger partial charge is 0.267 e. The topological polar surface area (TPSA) is 41.5 Å². The van der Waals surface area contributed by atoms with Gasteiger partial charge >= 0.3 is 0 Å². The SMILES string of the molecule is O=C(N/N=C\c1ccc(Cl)cc1Cl)c1ccc(Cl)cc1Cl. The molecule has 7 heteroatoms. The Morgan fingerprint density at radius 1 is 0.952 bits per heavy atom. The highest BCUT2D eigenvalue weighted by Crippen LogP contribution is 2.21. The minimum Gasteiger partial charge on any atom is -0.267 e. The van der Waals surface area contributed by atoms with E-state index in [1.54, 1.807) is 24.3 Å². The van der Waals surface area contributed by atoms with Gasteiger partial charge in [-0.15, -0.1) is 0 Å². The molecule has 3 nitrogen and oxygen atoms in total. The first-order valence-electron chi connectivity index (χ1n) is 5.71. The fraction of sp³-hybridized carbons (Fsp3) is 0. The Labute approximate surface area is 141 Å². The molecule has 1 N–H and O–H groups in total. The number of hydrazone groups is 1. The number of carbonyl (C=O) groups excluding carboxylic acids is 1. The van der Waals surface area contributed by atoms with E-state index in [2.05, 4.69) is 10.5 Å². The van der Waals surface area contributed by atoms with Gasteiger partial charge in [-0.3, -0.25) is 4.79 Å². The van der Waals surface area contributed by atoms with Gasteiger partial charge in [-0.1, -0.05) is 52.5 Å². The molecule has 0 aliphatic rings. The lowest BCUT2D eigenvalue weighted by Crippen LogP contribution is -2.18. The average Bonchev–Trinajstić information content (AvgIpc) is 2.41. The maximum absolute atomic E-state index is 11.9. The normalized spacial score (nSPS) is 10.9. The average molecular weight is 362 g/mol. The van der Waals surface area contributed by atoms with E-state index in [0.717, 1.165) is 0 Å². The Morgan fingerprint density at radius 3 is 2.19 bits per heavy atom. The molecule has 0 radical (unpaired) electrons. The van der Waals surface area contributed by atoms with Crippen LogP contribution in [-0.2, 0) is 0 Å². The summed E-state index contributed by atoms with van der Waals surface area (Å²) in [6.07, 6.45) is 1.42. The van der Waals surface area contributed by atoms with E-state index in [4.69, 9.17) is 46.4 Å². The molecular formula is C14H8Cl4N2O. The summed E-state index contributed by atoms with van der Waals surface area (Å²) in [7, 11) is 0. The molecule has 108 valence electrons. The van der Waals surface area contributed by atoms with Crippen LogP contribution in [0, 0.1) is 0 Å². The molecule has 21 heavy (non-hydrogen) atoms. The Hall–Kier alpha value is -1.26. The standard InChI is InChI=1S/C14H8Cl4N2O/c15-9-2-1-8(12(17)5-9)7-19-20-14(21)11-4-3-10(16)6-13(11)18/h1-7H,(H,20,21)/b19-7-. The van der Waals surface area contributed by atoms with Crippen molar-refractivity contribution >= 4 is 58.5 Å². The molecule has 2 rings (SSSR count). The van der Waals surface area contributed by atoms with E-state index in [9.17, 15) is 4.79 Å². The van der Waals surface area contributed by atoms with Crippen molar-refractivity contribution in [1.82, 2.24) is 5.43 Å². The fourth-order valence-electron chi connectivity index (χ4n) is 1.50. The van der Waals surface area contributed by atoms with Crippen molar-refractivity contribution in [3.05, 3.63) is 67.6 Å². The molecule has 0 unspecified atom stereocenters. The second kappa shape index (κ2) is 7.14. The summed E-state index contributed by atoms with van der Waals surface area (Å²) < 4.78 is 0. The number of halogens is 4. The van der Waals surface area contributed by atoms with E-state index in [1.807, 2.05) is 0 Å². The zero-order valence-corrected chi connectivity index (χ0v) is 13.4. The highest BCUT2D eigenvalue weighted by Gasteiger charge is 2.09. The van der Waals surface area contributed by atoms with Gasteiger partial charge in [0.2, 0.25) is 0 Å². The molecule has 0 spiro atoms. The second-order valence-corrected chi connectivity index (χ2v) is 5.68. The predicted octanol–water partition coefficient (Wildman–Crippen LogP) is 5.06. The number of nitrogens with zero attached hydrogens (tertiary/aromatic N) is 1. The zero-order chi connectivity index (χ0) is 15.4. The van der Waals surface area contributed by atoms with Gasteiger partial charge in [0.1, 0.15) is 0 Å². The summed E-state index contributed by atoms with van der Waals surface area (Å²) in [6.45, 7) is 0. The van der Waals surface area contributed by atoms with Crippen molar-refractivity contribution < 1.29 is 4.79 Å². The maximum atomic E-state index is 11.9. The van der Waals surface area contributed by atoms with Crippen LogP contribution in [0.4, 0.5) is 0 Å². The van der Waals surface area contributed by atoms with Crippen LogP contribution in [-0.4, -0.2) is 12.1 Å². The molecule has 0 aliphatic carbocycles. The van der Waals surface area contributed by atoms with E-state index in [0.29, 0.717) is 20.6 Å². The molecule has 0 heterocycles. The molecule has 0 fully saturated rings. The summed E-state index contributed by atoms with van der Waals surface area (Å²) in [5.74, 6) is -0.446.